The summed E-state index contributed by atoms with van der Waals surface area (Å²) in [7, 11) is 1.73. The molecule has 0 bridgehead atoms. The van der Waals surface area contributed by atoms with Gasteiger partial charge in [-0.15, -0.1) is 12.4 Å². The van der Waals surface area contributed by atoms with Gasteiger partial charge in [-0.25, -0.2) is 0 Å². The highest BCUT2D eigenvalue weighted by atomic mass is 35.5. The van der Waals surface area contributed by atoms with Gasteiger partial charge < -0.3 is 10.5 Å². The molecule has 1 rings (SSSR count). The second kappa shape index (κ2) is 4.09. The predicted molar refractivity (Wildman–Crippen MR) is 39.8 cm³/mol. The van der Waals surface area contributed by atoms with Gasteiger partial charge in [0, 0.05) is 19.8 Å². The van der Waals surface area contributed by atoms with Gasteiger partial charge in [0.15, 0.2) is 0 Å². The molecule has 9 heavy (non-hydrogen) atoms. The molecule has 1 saturated carbocycles. The Morgan fingerprint density at radius 3 is 2.56 bits per heavy atom. The molecule has 2 nitrogen and oxygen atoms in total. The number of ether oxygens (including phenoxy) is 1. The summed E-state index contributed by atoms with van der Waals surface area (Å²) in [5, 5.41) is 0. The van der Waals surface area contributed by atoms with E-state index in [-0.39, 0.29) is 12.4 Å². The summed E-state index contributed by atoms with van der Waals surface area (Å²) < 4.78 is 4.89. The molecule has 0 aromatic heterocycles. The summed E-state index contributed by atoms with van der Waals surface area (Å²) in [6, 6.07) is 0.491. The normalized spacial score (nSPS) is 31.3. The van der Waals surface area contributed by atoms with Crippen LogP contribution >= 0.6 is 12.4 Å². The molecule has 56 valence electrons. The molecule has 1 fully saturated rings. The van der Waals surface area contributed by atoms with E-state index in [1.165, 1.54) is 6.42 Å². The Labute approximate surface area is 62.2 Å². The van der Waals surface area contributed by atoms with Crippen molar-refractivity contribution in [2.45, 2.75) is 18.9 Å². The monoisotopic (exact) mass is 151 g/mol. The van der Waals surface area contributed by atoms with E-state index >= 15 is 0 Å². The van der Waals surface area contributed by atoms with Crippen molar-refractivity contribution >= 4 is 12.4 Å². The fourth-order valence-corrected chi connectivity index (χ4v) is 0.872. The molecule has 1 aliphatic rings. The van der Waals surface area contributed by atoms with Crippen LogP contribution in [-0.2, 0) is 4.74 Å². The van der Waals surface area contributed by atoms with Crippen LogP contribution in [0.15, 0.2) is 0 Å². The number of hydrogen-bond donors (Lipinski definition) is 1. The zero-order chi connectivity index (χ0) is 5.98. The lowest BCUT2D eigenvalue weighted by Gasteiger charge is -1.93. The smallest absolute Gasteiger partial charge is 0.0465 e. The first-order chi connectivity index (χ1) is 3.84. The number of halogens is 1. The van der Waals surface area contributed by atoms with Gasteiger partial charge in [-0.3, -0.25) is 0 Å². The van der Waals surface area contributed by atoms with Crippen LogP contribution in [0.1, 0.15) is 12.8 Å². The minimum atomic E-state index is 0. The molecule has 2 atom stereocenters. The van der Waals surface area contributed by atoms with Crippen molar-refractivity contribution < 1.29 is 4.74 Å². The third kappa shape index (κ3) is 3.04. The van der Waals surface area contributed by atoms with Crippen LogP contribution in [0.2, 0.25) is 0 Å². The molecule has 0 amide bonds. The molecule has 0 aliphatic heterocycles. The maximum atomic E-state index is 5.55. The molecule has 0 saturated heterocycles. The standard InChI is InChI=1S/C6H13NO.ClH/c1-8-3-2-5-4-6(5)7;/h5-6H,2-4,7H2,1H3;1H/t5-,6-;/m1./s1. The SMILES string of the molecule is COCC[C@@H]1C[C@H]1N.Cl. The van der Waals surface area contributed by atoms with Gasteiger partial charge in [-0.1, -0.05) is 0 Å². The van der Waals surface area contributed by atoms with E-state index in [9.17, 15) is 0 Å². The van der Waals surface area contributed by atoms with Gasteiger partial charge in [-0.2, -0.15) is 0 Å². The van der Waals surface area contributed by atoms with Crippen molar-refractivity contribution in [2.24, 2.45) is 11.7 Å². The zero-order valence-electron chi connectivity index (χ0n) is 5.67. The molecular weight excluding hydrogens is 138 g/mol. The molecule has 0 heterocycles. The minimum absolute atomic E-state index is 0. The van der Waals surface area contributed by atoms with E-state index in [2.05, 4.69) is 0 Å². The minimum Gasteiger partial charge on any atom is -0.385 e. The quantitative estimate of drug-likeness (QED) is 0.648. The van der Waals surface area contributed by atoms with Gasteiger partial charge in [0.1, 0.15) is 0 Å². The Kier molecular flexibility index (Phi) is 4.19. The Bertz CT molecular complexity index is 79.5. The summed E-state index contributed by atoms with van der Waals surface area (Å²) in [5.74, 6) is 0.773. The topological polar surface area (TPSA) is 35.2 Å². The van der Waals surface area contributed by atoms with Crippen LogP contribution in [0, 0.1) is 5.92 Å². The Morgan fingerprint density at radius 2 is 2.22 bits per heavy atom. The molecule has 1 aliphatic carbocycles. The van der Waals surface area contributed by atoms with Crippen LogP contribution < -0.4 is 5.73 Å². The van der Waals surface area contributed by atoms with E-state index in [1.807, 2.05) is 0 Å². The van der Waals surface area contributed by atoms with Crippen molar-refractivity contribution in [3.63, 3.8) is 0 Å². The maximum absolute atomic E-state index is 5.55. The molecule has 0 aromatic rings. The summed E-state index contributed by atoms with van der Waals surface area (Å²) >= 11 is 0. The first-order valence-corrected chi connectivity index (χ1v) is 3.09. The number of methoxy groups -OCH3 is 1. The van der Waals surface area contributed by atoms with Gasteiger partial charge in [-0.05, 0) is 18.8 Å². The van der Waals surface area contributed by atoms with Gasteiger partial charge in [0.2, 0.25) is 0 Å². The molecular formula is C6H14ClNO. The van der Waals surface area contributed by atoms with E-state index < -0.39 is 0 Å². The van der Waals surface area contributed by atoms with Crippen molar-refractivity contribution in [1.29, 1.82) is 0 Å². The van der Waals surface area contributed by atoms with Crippen LogP contribution in [0.5, 0.6) is 0 Å². The van der Waals surface area contributed by atoms with E-state index in [4.69, 9.17) is 10.5 Å². The summed E-state index contributed by atoms with van der Waals surface area (Å²) in [6.07, 6.45) is 2.36. The third-order valence-electron chi connectivity index (χ3n) is 1.67. The summed E-state index contributed by atoms with van der Waals surface area (Å²) in [4.78, 5) is 0. The van der Waals surface area contributed by atoms with Crippen LogP contribution in [-0.4, -0.2) is 19.8 Å². The number of hydrogen-bond acceptors (Lipinski definition) is 2. The molecule has 0 unspecified atom stereocenters. The first kappa shape index (κ1) is 9.21. The van der Waals surface area contributed by atoms with E-state index in [0.29, 0.717) is 6.04 Å². The first-order valence-electron chi connectivity index (χ1n) is 3.09. The Morgan fingerprint density at radius 1 is 1.67 bits per heavy atom. The Balaban J connectivity index is 0.000000640. The average molecular weight is 152 g/mol. The lowest BCUT2D eigenvalue weighted by atomic mass is 10.3. The van der Waals surface area contributed by atoms with Crippen molar-refractivity contribution in [2.75, 3.05) is 13.7 Å². The number of rotatable bonds is 3. The van der Waals surface area contributed by atoms with Crippen molar-refractivity contribution in [3.05, 3.63) is 0 Å². The molecule has 0 spiro atoms. The predicted octanol–water partition coefficient (Wildman–Crippen LogP) is 0.792. The average Bonchev–Trinajstić information content (AvgIpc) is 2.42. The second-order valence-corrected chi connectivity index (χ2v) is 2.44. The summed E-state index contributed by atoms with van der Waals surface area (Å²) in [5.41, 5.74) is 5.55. The van der Waals surface area contributed by atoms with Crippen LogP contribution in [0.4, 0.5) is 0 Å². The van der Waals surface area contributed by atoms with Crippen molar-refractivity contribution in [1.82, 2.24) is 0 Å². The molecule has 0 aromatic carbocycles. The second-order valence-electron chi connectivity index (χ2n) is 2.44. The van der Waals surface area contributed by atoms with Crippen LogP contribution in [0.3, 0.4) is 0 Å². The number of nitrogens with two attached hydrogens (primary N) is 1. The fourth-order valence-electron chi connectivity index (χ4n) is 0.872. The van der Waals surface area contributed by atoms with Gasteiger partial charge >= 0.3 is 0 Å². The highest BCUT2D eigenvalue weighted by Crippen LogP contribution is 2.30. The van der Waals surface area contributed by atoms with Gasteiger partial charge in [0.05, 0.1) is 0 Å². The fraction of sp³-hybridized carbons (Fsp3) is 1.00. The highest BCUT2D eigenvalue weighted by Gasteiger charge is 2.32. The molecule has 3 heteroatoms. The Hall–Kier alpha value is 0.210. The van der Waals surface area contributed by atoms with Crippen LogP contribution in [0.25, 0.3) is 0 Å². The van der Waals surface area contributed by atoms with E-state index in [1.54, 1.807) is 7.11 Å². The van der Waals surface area contributed by atoms with Crippen molar-refractivity contribution in [3.8, 4) is 0 Å². The lowest BCUT2D eigenvalue weighted by Crippen LogP contribution is -2.03. The van der Waals surface area contributed by atoms with Gasteiger partial charge in [0.25, 0.3) is 0 Å². The summed E-state index contributed by atoms with van der Waals surface area (Å²) in [6.45, 7) is 0.873. The zero-order valence-corrected chi connectivity index (χ0v) is 6.49. The maximum Gasteiger partial charge on any atom is 0.0465 e. The lowest BCUT2D eigenvalue weighted by molar-refractivity contribution is 0.189. The third-order valence-corrected chi connectivity index (χ3v) is 1.67. The molecule has 0 radical (unpaired) electrons. The highest BCUT2D eigenvalue weighted by molar-refractivity contribution is 5.85. The molecule has 2 N–H and O–H groups in total. The van der Waals surface area contributed by atoms with E-state index in [0.717, 1.165) is 18.9 Å². The largest absolute Gasteiger partial charge is 0.385 e.